The molecular weight excluding hydrogens is 548 g/mol. The van der Waals surface area contributed by atoms with Crippen LogP contribution in [-0.4, -0.2) is 36.3 Å². The summed E-state index contributed by atoms with van der Waals surface area (Å²) in [6.45, 7) is -0.541. The molecule has 9 nitrogen and oxygen atoms in total. The average Bonchev–Trinajstić information content (AvgIpc) is 2.80. The van der Waals surface area contributed by atoms with Crippen LogP contribution >= 0.6 is 27.5 Å². The number of nitro groups is 1. The Morgan fingerprint density at radius 1 is 1.12 bits per heavy atom. The Bertz CT molecular complexity index is 1320. The van der Waals surface area contributed by atoms with Gasteiger partial charge in [-0.05, 0) is 35.9 Å². The second-order valence-corrected chi connectivity index (χ2v) is 10.2. The number of sulfonamides is 1. The van der Waals surface area contributed by atoms with Gasteiger partial charge in [0.2, 0.25) is 10.0 Å². The molecule has 0 saturated heterocycles. The van der Waals surface area contributed by atoms with Gasteiger partial charge in [0, 0.05) is 33.7 Å². The zero-order valence-corrected chi connectivity index (χ0v) is 20.6. The minimum atomic E-state index is -4.01. The summed E-state index contributed by atoms with van der Waals surface area (Å²) in [5.41, 5.74) is 2.98. The Morgan fingerprint density at radius 3 is 2.44 bits per heavy atom. The van der Waals surface area contributed by atoms with Gasteiger partial charge in [0.15, 0.2) is 0 Å². The number of rotatable bonds is 9. The molecule has 3 aromatic carbocycles. The first kappa shape index (κ1) is 25.5. The molecule has 0 atom stereocenters. The monoisotopic (exact) mass is 564 g/mol. The maximum Gasteiger partial charge on any atom is 0.270 e. The van der Waals surface area contributed by atoms with Crippen LogP contribution in [0.2, 0.25) is 5.02 Å². The van der Waals surface area contributed by atoms with Crippen molar-refractivity contribution < 1.29 is 18.1 Å². The lowest BCUT2D eigenvalue weighted by Crippen LogP contribution is -2.39. The minimum absolute atomic E-state index is 0.0336. The van der Waals surface area contributed by atoms with Crippen LogP contribution in [0.15, 0.2) is 87.3 Å². The largest absolute Gasteiger partial charge is 0.272 e. The number of benzene rings is 3. The Balaban J connectivity index is 1.79. The van der Waals surface area contributed by atoms with E-state index in [0.29, 0.717) is 10.0 Å². The number of amides is 1. The Labute approximate surface area is 209 Å². The number of nitrogens with zero attached hydrogens (tertiary/aromatic N) is 3. The van der Waals surface area contributed by atoms with Crippen molar-refractivity contribution in [3.8, 4) is 0 Å². The molecule has 12 heteroatoms. The van der Waals surface area contributed by atoms with Gasteiger partial charge in [-0.3, -0.25) is 14.9 Å². The second kappa shape index (κ2) is 11.3. The molecule has 3 aromatic rings. The van der Waals surface area contributed by atoms with Crippen molar-refractivity contribution >= 4 is 55.4 Å². The summed E-state index contributed by atoms with van der Waals surface area (Å²) < 4.78 is 28.2. The highest BCUT2D eigenvalue weighted by atomic mass is 79.9. The molecule has 176 valence electrons. The van der Waals surface area contributed by atoms with E-state index in [-0.39, 0.29) is 27.7 Å². The fourth-order valence-electron chi connectivity index (χ4n) is 2.88. The molecule has 0 aromatic heterocycles. The van der Waals surface area contributed by atoms with Crippen LogP contribution < -0.4 is 5.43 Å². The predicted octanol–water partition coefficient (Wildman–Crippen LogP) is 4.35. The molecule has 1 amide bonds. The first-order valence-corrected chi connectivity index (χ1v) is 12.3. The molecule has 34 heavy (non-hydrogen) atoms. The third-order valence-electron chi connectivity index (χ3n) is 4.56. The standard InChI is InChI=1S/C22H18BrClN4O5S/c23-18-6-9-20(10-7-18)34(32,33)27(14-16-4-2-1-3-5-16)15-22(29)26-25-13-17-12-19(28(30)31)8-11-21(17)24/h1-13H,14-15H2,(H,26,29)/b25-13-. The van der Waals surface area contributed by atoms with Gasteiger partial charge in [-0.25, -0.2) is 13.8 Å². The number of carbonyl (C=O) groups excluding carboxylic acids is 1. The number of carbonyl (C=O) groups is 1. The third kappa shape index (κ3) is 6.70. The van der Waals surface area contributed by atoms with Crippen molar-refractivity contribution in [1.29, 1.82) is 0 Å². The highest BCUT2D eigenvalue weighted by Gasteiger charge is 2.27. The molecule has 0 unspecified atom stereocenters. The number of nitro benzene ring substituents is 1. The first-order chi connectivity index (χ1) is 16.2. The summed E-state index contributed by atoms with van der Waals surface area (Å²) >= 11 is 9.29. The van der Waals surface area contributed by atoms with Crippen molar-refractivity contribution in [2.24, 2.45) is 5.10 Å². The molecule has 0 spiro atoms. The van der Waals surface area contributed by atoms with Gasteiger partial charge < -0.3 is 0 Å². The summed E-state index contributed by atoms with van der Waals surface area (Å²) in [6.07, 6.45) is 1.15. The Kier molecular flexibility index (Phi) is 8.51. The van der Waals surface area contributed by atoms with Gasteiger partial charge in [0.05, 0.1) is 22.6 Å². The number of non-ortho nitro benzene ring substituents is 1. The van der Waals surface area contributed by atoms with E-state index >= 15 is 0 Å². The lowest BCUT2D eigenvalue weighted by Gasteiger charge is -2.21. The van der Waals surface area contributed by atoms with Crippen LogP contribution in [0.25, 0.3) is 0 Å². The van der Waals surface area contributed by atoms with Gasteiger partial charge in [0.25, 0.3) is 11.6 Å². The zero-order valence-electron chi connectivity index (χ0n) is 17.5. The first-order valence-electron chi connectivity index (χ1n) is 9.72. The lowest BCUT2D eigenvalue weighted by atomic mass is 10.2. The Hall–Kier alpha value is -3.12. The molecule has 0 radical (unpaired) electrons. The minimum Gasteiger partial charge on any atom is -0.272 e. The van der Waals surface area contributed by atoms with E-state index in [2.05, 4.69) is 26.5 Å². The number of halogens is 2. The molecule has 1 N–H and O–H groups in total. The Morgan fingerprint density at radius 2 is 1.79 bits per heavy atom. The molecule has 0 fully saturated rings. The molecule has 0 heterocycles. The molecule has 0 aliphatic carbocycles. The highest BCUT2D eigenvalue weighted by Crippen LogP contribution is 2.22. The van der Waals surface area contributed by atoms with Gasteiger partial charge in [-0.2, -0.15) is 9.41 Å². The summed E-state index contributed by atoms with van der Waals surface area (Å²) in [7, 11) is -4.01. The van der Waals surface area contributed by atoms with Crippen molar-refractivity contribution in [1.82, 2.24) is 9.73 Å². The summed E-state index contributed by atoms with van der Waals surface area (Å²) in [5.74, 6) is -0.700. The number of hydrogen-bond acceptors (Lipinski definition) is 6. The number of nitrogens with one attached hydrogen (secondary N) is 1. The molecule has 0 aliphatic heterocycles. The fraction of sp³-hybridized carbons (Fsp3) is 0.0909. The zero-order chi connectivity index (χ0) is 24.7. The van der Waals surface area contributed by atoms with E-state index < -0.39 is 27.4 Å². The smallest absolute Gasteiger partial charge is 0.270 e. The van der Waals surface area contributed by atoms with Gasteiger partial charge in [0.1, 0.15) is 0 Å². The summed E-state index contributed by atoms with van der Waals surface area (Å²) in [5, 5.41) is 14.9. The summed E-state index contributed by atoms with van der Waals surface area (Å²) in [6, 6.07) is 18.7. The van der Waals surface area contributed by atoms with E-state index in [1.54, 1.807) is 42.5 Å². The molecule has 0 saturated carbocycles. The SMILES string of the molecule is O=C(CN(Cc1ccccc1)S(=O)(=O)c1ccc(Br)cc1)N/N=C\c1cc([N+](=O)[O-])ccc1Cl. The van der Waals surface area contributed by atoms with Crippen LogP contribution in [-0.2, 0) is 21.4 Å². The molecular formula is C22H18BrClN4O5S. The third-order valence-corrected chi connectivity index (χ3v) is 7.24. The van der Waals surface area contributed by atoms with E-state index in [0.717, 1.165) is 10.5 Å². The fourth-order valence-corrected chi connectivity index (χ4v) is 4.70. The second-order valence-electron chi connectivity index (χ2n) is 6.97. The molecule has 3 rings (SSSR count). The maximum atomic E-state index is 13.2. The molecule has 0 aliphatic rings. The van der Waals surface area contributed by atoms with Crippen LogP contribution in [0.5, 0.6) is 0 Å². The van der Waals surface area contributed by atoms with Crippen molar-refractivity contribution in [2.45, 2.75) is 11.4 Å². The lowest BCUT2D eigenvalue weighted by molar-refractivity contribution is -0.384. The van der Waals surface area contributed by atoms with E-state index in [4.69, 9.17) is 11.6 Å². The number of hydrazone groups is 1. The van der Waals surface area contributed by atoms with Crippen molar-refractivity contribution in [2.75, 3.05) is 6.54 Å². The number of hydrogen-bond donors (Lipinski definition) is 1. The van der Waals surface area contributed by atoms with Gasteiger partial charge >= 0.3 is 0 Å². The topological polar surface area (TPSA) is 122 Å². The maximum absolute atomic E-state index is 13.2. The van der Waals surface area contributed by atoms with Crippen molar-refractivity contribution in [3.05, 3.63) is 104 Å². The van der Waals surface area contributed by atoms with Gasteiger partial charge in [-0.15, -0.1) is 0 Å². The predicted molar refractivity (Wildman–Crippen MR) is 132 cm³/mol. The highest BCUT2D eigenvalue weighted by molar-refractivity contribution is 9.10. The normalized spacial score (nSPS) is 11.6. The van der Waals surface area contributed by atoms with Crippen LogP contribution in [0.1, 0.15) is 11.1 Å². The van der Waals surface area contributed by atoms with Crippen LogP contribution in [0, 0.1) is 10.1 Å². The van der Waals surface area contributed by atoms with E-state index in [9.17, 15) is 23.3 Å². The van der Waals surface area contributed by atoms with Crippen LogP contribution in [0.3, 0.4) is 0 Å². The summed E-state index contributed by atoms with van der Waals surface area (Å²) in [4.78, 5) is 22.9. The quantitative estimate of drug-likeness (QED) is 0.235. The van der Waals surface area contributed by atoms with Crippen LogP contribution in [0.4, 0.5) is 5.69 Å². The van der Waals surface area contributed by atoms with Gasteiger partial charge in [-0.1, -0.05) is 57.9 Å². The van der Waals surface area contributed by atoms with Crippen molar-refractivity contribution in [3.63, 3.8) is 0 Å². The van der Waals surface area contributed by atoms with E-state index in [1.165, 1.54) is 30.3 Å². The average molecular weight is 566 g/mol. The molecule has 0 bridgehead atoms. The van der Waals surface area contributed by atoms with E-state index in [1.807, 2.05) is 0 Å².